The summed E-state index contributed by atoms with van der Waals surface area (Å²) in [6.45, 7) is 8.57. The molecule has 1 aliphatic rings. The van der Waals surface area contributed by atoms with Gasteiger partial charge in [-0.15, -0.1) is 0 Å². The summed E-state index contributed by atoms with van der Waals surface area (Å²) < 4.78 is 5.14. The van der Waals surface area contributed by atoms with Crippen LogP contribution in [0, 0.1) is 5.92 Å². The van der Waals surface area contributed by atoms with Crippen LogP contribution in [0.15, 0.2) is 0 Å². The Kier molecular flexibility index (Phi) is 8.50. The molecular weight excluding hydrogens is 340 g/mol. The van der Waals surface area contributed by atoms with Gasteiger partial charge in [0.05, 0.1) is 0 Å². The third kappa shape index (κ3) is 6.62. The number of urea groups is 2. The summed E-state index contributed by atoms with van der Waals surface area (Å²) in [5.41, 5.74) is -1.01. The van der Waals surface area contributed by atoms with Crippen LogP contribution in [0.1, 0.15) is 47.0 Å². The highest BCUT2D eigenvalue weighted by Crippen LogP contribution is 2.24. The van der Waals surface area contributed by atoms with Crippen LogP contribution in [0.2, 0.25) is 0 Å². The topological polar surface area (TPSA) is 117 Å². The highest BCUT2D eigenvalue weighted by molar-refractivity contribution is 6.09. The maximum absolute atomic E-state index is 12.5. The zero-order chi connectivity index (χ0) is 19.7. The van der Waals surface area contributed by atoms with Gasteiger partial charge in [0.25, 0.3) is 5.91 Å². The number of ether oxygens (including phenoxy) is 1. The molecule has 1 unspecified atom stereocenters. The van der Waals surface area contributed by atoms with E-state index in [4.69, 9.17) is 4.74 Å². The molecule has 1 atom stereocenters. The van der Waals surface area contributed by atoms with Gasteiger partial charge in [0.2, 0.25) is 5.91 Å². The van der Waals surface area contributed by atoms with Crippen molar-refractivity contribution in [2.75, 3.05) is 26.3 Å². The lowest BCUT2D eigenvalue weighted by atomic mass is 9.92. The highest BCUT2D eigenvalue weighted by atomic mass is 16.5. The Morgan fingerprint density at radius 1 is 1.31 bits per heavy atom. The van der Waals surface area contributed by atoms with Crippen molar-refractivity contribution in [3.63, 3.8) is 0 Å². The minimum Gasteiger partial charge on any atom is -0.382 e. The first kappa shape index (κ1) is 21.9. The zero-order valence-electron chi connectivity index (χ0n) is 16.0. The number of nitrogens with zero attached hydrogens (tertiary/aromatic N) is 1. The van der Waals surface area contributed by atoms with Gasteiger partial charge in [-0.3, -0.25) is 19.8 Å². The van der Waals surface area contributed by atoms with Crippen molar-refractivity contribution in [3.05, 3.63) is 0 Å². The Balaban J connectivity index is 2.44. The number of amides is 6. The van der Waals surface area contributed by atoms with Crippen molar-refractivity contribution < 1.29 is 23.9 Å². The molecule has 0 spiro atoms. The maximum Gasteiger partial charge on any atom is 0.325 e. The molecule has 0 radical (unpaired) electrons. The number of carbonyl (C=O) groups excluding carboxylic acids is 4. The monoisotopic (exact) mass is 370 g/mol. The van der Waals surface area contributed by atoms with Gasteiger partial charge in [-0.05, 0) is 39.0 Å². The van der Waals surface area contributed by atoms with Gasteiger partial charge in [-0.2, -0.15) is 0 Å². The van der Waals surface area contributed by atoms with Crippen molar-refractivity contribution in [3.8, 4) is 0 Å². The summed E-state index contributed by atoms with van der Waals surface area (Å²) in [6.07, 6.45) is 1.89. The first-order valence-corrected chi connectivity index (χ1v) is 8.99. The van der Waals surface area contributed by atoms with Gasteiger partial charge < -0.3 is 15.4 Å². The highest BCUT2D eigenvalue weighted by Gasteiger charge is 2.47. The van der Waals surface area contributed by atoms with E-state index in [1.165, 1.54) is 0 Å². The molecule has 0 bridgehead atoms. The molecule has 0 aromatic heterocycles. The van der Waals surface area contributed by atoms with Crippen LogP contribution in [0.25, 0.3) is 0 Å². The summed E-state index contributed by atoms with van der Waals surface area (Å²) in [5, 5.41) is 7.27. The van der Waals surface area contributed by atoms with E-state index in [0.29, 0.717) is 38.5 Å². The molecule has 1 aliphatic heterocycles. The second kappa shape index (κ2) is 10.1. The SMILES string of the molecule is CCOCCCNC(=O)NC(=O)CN1C(=O)NC(C)(CCC(C)C)C1=O. The standard InChI is InChI=1S/C17H30N4O5/c1-5-26-10-6-9-18-15(24)19-13(22)11-21-14(23)17(4,20-16(21)25)8-7-12(2)3/h12H,5-11H2,1-4H3,(H,20,25)(H2,18,19,22,24). The average molecular weight is 370 g/mol. The van der Waals surface area contributed by atoms with Gasteiger partial charge in [0.15, 0.2) is 0 Å². The smallest absolute Gasteiger partial charge is 0.325 e. The molecule has 1 saturated heterocycles. The van der Waals surface area contributed by atoms with Crippen LogP contribution < -0.4 is 16.0 Å². The van der Waals surface area contributed by atoms with Crippen LogP contribution in [0.3, 0.4) is 0 Å². The lowest BCUT2D eigenvalue weighted by molar-refractivity contribution is -0.134. The minimum atomic E-state index is -1.01. The van der Waals surface area contributed by atoms with E-state index < -0.39 is 36.0 Å². The molecule has 0 saturated carbocycles. The minimum absolute atomic E-state index is 0.357. The molecular formula is C17H30N4O5. The largest absolute Gasteiger partial charge is 0.382 e. The van der Waals surface area contributed by atoms with Crippen molar-refractivity contribution in [2.24, 2.45) is 5.92 Å². The Hall–Kier alpha value is -2.16. The quantitative estimate of drug-likeness (QED) is 0.392. The van der Waals surface area contributed by atoms with Crippen molar-refractivity contribution in [2.45, 2.75) is 52.5 Å². The molecule has 0 aromatic rings. The Labute approximate surface area is 154 Å². The predicted octanol–water partition coefficient (Wildman–Crippen LogP) is 0.986. The van der Waals surface area contributed by atoms with Gasteiger partial charge in [-0.1, -0.05) is 13.8 Å². The Bertz CT molecular complexity index is 537. The summed E-state index contributed by atoms with van der Waals surface area (Å²) in [4.78, 5) is 49.0. The molecule has 6 amide bonds. The number of imide groups is 2. The van der Waals surface area contributed by atoms with Crippen LogP contribution >= 0.6 is 0 Å². The summed E-state index contributed by atoms with van der Waals surface area (Å²) in [6, 6.07) is -1.28. The first-order valence-electron chi connectivity index (χ1n) is 8.99. The molecule has 9 nitrogen and oxygen atoms in total. The second-order valence-corrected chi connectivity index (χ2v) is 6.94. The third-order valence-corrected chi connectivity index (χ3v) is 4.08. The molecule has 26 heavy (non-hydrogen) atoms. The van der Waals surface area contributed by atoms with Crippen LogP contribution in [0.4, 0.5) is 9.59 Å². The van der Waals surface area contributed by atoms with Crippen molar-refractivity contribution in [1.82, 2.24) is 20.9 Å². The van der Waals surface area contributed by atoms with E-state index in [1.807, 2.05) is 20.8 Å². The van der Waals surface area contributed by atoms with Crippen LogP contribution in [-0.4, -0.2) is 60.6 Å². The van der Waals surface area contributed by atoms with E-state index in [-0.39, 0.29) is 0 Å². The van der Waals surface area contributed by atoms with E-state index in [1.54, 1.807) is 6.92 Å². The summed E-state index contributed by atoms with van der Waals surface area (Å²) in [7, 11) is 0. The molecule has 1 fully saturated rings. The molecule has 3 N–H and O–H groups in total. The van der Waals surface area contributed by atoms with Crippen molar-refractivity contribution in [1.29, 1.82) is 0 Å². The van der Waals surface area contributed by atoms with Gasteiger partial charge in [0, 0.05) is 19.8 Å². The number of carbonyl (C=O) groups is 4. The normalized spacial score (nSPS) is 19.7. The first-order chi connectivity index (χ1) is 12.2. The van der Waals surface area contributed by atoms with Gasteiger partial charge in [0.1, 0.15) is 12.1 Å². The fourth-order valence-electron chi connectivity index (χ4n) is 2.51. The number of nitrogens with one attached hydrogen (secondary N) is 3. The van der Waals surface area contributed by atoms with Gasteiger partial charge in [-0.25, -0.2) is 9.59 Å². The third-order valence-electron chi connectivity index (χ3n) is 4.08. The van der Waals surface area contributed by atoms with Crippen molar-refractivity contribution >= 4 is 23.9 Å². The molecule has 1 heterocycles. The van der Waals surface area contributed by atoms with E-state index in [0.717, 1.165) is 11.3 Å². The van der Waals surface area contributed by atoms with E-state index >= 15 is 0 Å². The molecule has 1 rings (SSSR count). The lowest BCUT2D eigenvalue weighted by Gasteiger charge is -2.22. The molecule has 148 valence electrons. The lowest BCUT2D eigenvalue weighted by Crippen LogP contribution is -2.47. The van der Waals surface area contributed by atoms with Crippen LogP contribution in [0.5, 0.6) is 0 Å². The Morgan fingerprint density at radius 2 is 2.00 bits per heavy atom. The van der Waals surface area contributed by atoms with E-state index in [9.17, 15) is 19.2 Å². The molecule has 0 aromatic carbocycles. The maximum atomic E-state index is 12.5. The van der Waals surface area contributed by atoms with Crippen LogP contribution in [-0.2, 0) is 14.3 Å². The number of hydrogen-bond donors (Lipinski definition) is 3. The molecule has 9 heteroatoms. The summed E-state index contributed by atoms with van der Waals surface area (Å²) in [5.74, 6) is -0.778. The molecule has 0 aliphatic carbocycles. The Morgan fingerprint density at radius 3 is 2.62 bits per heavy atom. The number of hydrogen-bond acceptors (Lipinski definition) is 5. The fraction of sp³-hybridized carbons (Fsp3) is 0.765. The van der Waals surface area contributed by atoms with Gasteiger partial charge >= 0.3 is 12.1 Å². The fourth-order valence-corrected chi connectivity index (χ4v) is 2.51. The summed E-state index contributed by atoms with van der Waals surface area (Å²) >= 11 is 0. The predicted molar refractivity (Wildman–Crippen MR) is 95.4 cm³/mol. The van der Waals surface area contributed by atoms with E-state index in [2.05, 4.69) is 16.0 Å². The zero-order valence-corrected chi connectivity index (χ0v) is 16.0. The second-order valence-electron chi connectivity index (χ2n) is 6.94. The average Bonchev–Trinajstić information content (AvgIpc) is 2.76. The number of rotatable bonds is 10.